The van der Waals surface area contributed by atoms with Crippen molar-refractivity contribution in [3.8, 4) is 11.5 Å². The summed E-state index contributed by atoms with van der Waals surface area (Å²) in [6.07, 6.45) is 1.17. The Morgan fingerprint density at radius 2 is 1.90 bits per heavy atom. The highest BCUT2D eigenvalue weighted by atomic mass is 32.2. The summed E-state index contributed by atoms with van der Waals surface area (Å²) in [5, 5.41) is 2.83. The van der Waals surface area contributed by atoms with Crippen molar-refractivity contribution in [1.82, 2.24) is 4.31 Å². The highest BCUT2D eigenvalue weighted by Gasteiger charge is 2.32. The Kier molecular flexibility index (Phi) is 6.94. The van der Waals surface area contributed by atoms with E-state index in [1.165, 1.54) is 42.8 Å². The van der Waals surface area contributed by atoms with Crippen LogP contribution in [0.4, 0.5) is 10.1 Å². The number of rotatable bonds is 7. The first-order valence-electron chi connectivity index (χ1n) is 9.57. The molecule has 1 heterocycles. The third-order valence-corrected chi connectivity index (χ3v) is 6.89. The lowest BCUT2D eigenvalue weighted by Crippen LogP contribution is -2.44. The van der Waals surface area contributed by atoms with Crippen LogP contribution in [0, 0.1) is 11.7 Å². The van der Waals surface area contributed by atoms with Crippen molar-refractivity contribution in [1.29, 1.82) is 0 Å². The van der Waals surface area contributed by atoms with Crippen LogP contribution in [0.15, 0.2) is 42.5 Å². The van der Waals surface area contributed by atoms with Crippen LogP contribution in [-0.2, 0) is 20.6 Å². The fourth-order valence-corrected chi connectivity index (χ4v) is 5.04. The molecule has 0 unspecified atom stereocenters. The van der Waals surface area contributed by atoms with Gasteiger partial charge in [0.25, 0.3) is 0 Å². The Hall–Kier alpha value is -2.65. The Morgan fingerprint density at radius 1 is 1.17 bits per heavy atom. The molecular formula is C21H25FN2O5S. The van der Waals surface area contributed by atoms with Gasteiger partial charge in [-0.05, 0) is 42.7 Å². The van der Waals surface area contributed by atoms with Crippen molar-refractivity contribution in [3.63, 3.8) is 0 Å². The van der Waals surface area contributed by atoms with Crippen LogP contribution in [0.3, 0.4) is 0 Å². The van der Waals surface area contributed by atoms with Crippen LogP contribution < -0.4 is 14.8 Å². The lowest BCUT2D eigenvalue weighted by atomic mass is 9.98. The zero-order chi connectivity index (χ0) is 21.7. The number of nitrogens with zero attached hydrogens (tertiary/aromatic N) is 1. The quantitative estimate of drug-likeness (QED) is 0.721. The summed E-state index contributed by atoms with van der Waals surface area (Å²) >= 11 is 0. The first kappa shape index (κ1) is 22.0. The topological polar surface area (TPSA) is 84.9 Å². The van der Waals surface area contributed by atoms with Gasteiger partial charge in [0.1, 0.15) is 17.3 Å². The summed E-state index contributed by atoms with van der Waals surface area (Å²) in [6, 6.07) is 10.4. The SMILES string of the molecule is COc1ccc(NC(=O)[C@H]2CCCN(S(=O)(=O)Cc3ccc(F)cc3)C2)c(OC)c1. The molecule has 3 rings (SSSR count). The maximum Gasteiger partial charge on any atom is 0.228 e. The molecule has 9 heteroatoms. The molecule has 0 saturated carbocycles. The summed E-state index contributed by atoms with van der Waals surface area (Å²) < 4.78 is 50.5. The summed E-state index contributed by atoms with van der Waals surface area (Å²) in [6.45, 7) is 0.465. The highest BCUT2D eigenvalue weighted by Crippen LogP contribution is 2.30. The maximum atomic E-state index is 13.1. The fraction of sp³-hybridized carbons (Fsp3) is 0.381. The molecule has 0 aromatic heterocycles. The van der Waals surface area contributed by atoms with E-state index in [1.807, 2.05) is 0 Å². The summed E-state index contributed by atoms with van der Waals surface area (Å²) in [4.78, 5) is 12.8. The standard InChI is InChI=1S/C21H25FN2O5S/c1-28-18-9-10-19(20(12-18)29-2)23-21(25)16-4-3-11-24(13-16)30(26,27)14-15-5-7-17(22)8-6-15/h5-10,12,16H,3-4,11,13-14H2,1-2H3,(H,23,25)/t16-/m0/s1. The van der Waals surface area contributed by atoms with Crippen LogP contribution in [0.2, 0.25) is 0 Å². The normalized spacial score (nSPS) is 17.4. The Balaban J connectivity index is 1.68. The predicted octanol–water partition coefficient (Wildman–Crippen LogP) is 3.02. The van der Waals surface area contributed by atoms with Crippen molar-refractivity contribution < 1.29 is 27.1 Å². The molecule has 0 bridgehead atoms. The number of amides is 1. The van der Waals surface area contributed by atoms with E-state index >= 15 is 0 Å². The van der Waals surface area contributed by atoms with E-state index in [0.29, 0.717) is 42.1 Å². The van der Waals surface area contributed by atoms with E-state index in [1.54, 1.807) is 18.2 Å². The number of piperidine rings is 1. The monoisotopic (exact) mass is 436 g/mol. The molecule has 1 saturated heterocycles. The summed E-state index contributed by atoms with van der Waals surface area (Å²) in [5.41, 5.74) is 1.00. The van der Waals surface area contributed by atoms with Gasteiger partial charge in [-0.1, -0.05) is 12.1 Å². The second-order valence-electron chi connectivity index (χ2n) is 7.14. The number of methoxy groups -OCH3 is 2. The van der Waals surface area contributed by atoms with E-state index in [2.05, 4.69) is 5.32 Å². The zero-order valence-electron chi connectivity index (χ0n) is 16.9. The Morgan fingerprint density at radius 3 is 2.57 bits per heavy atom. The Labute approximate surface area is 175 Å². The van der Waals surface area contributed by atoms with Gasteiger partial charge in [-0.25, -0.2) is 17.1 Å². The molecule has 0 spiro atoms. The third-order valence-electron chi connectivity index (χ3n) is 5.08. The number of anilines is 1. The molecule has 0 radical (unpaired) electrons. The largest absolute Gasteiger partial charge is 0.497 e. The molecule has 30 heavy (non-hydrogen) atoms. The molecule has 1 amide bonds. The van der Waals surface area contributed by atoms with Gasteiger partial charge < -0.3 is 14.8 Å². The van der Waals surface area contributed by atoms with Gasteiger partial charge in [0.15, 0.2) is 0 Å². The second kappa shape index (κ2) is 9.44. The van der Waals surface area contributed by atoms with Gasteiger partial charge in [-0.2, -0.15) is 0 Å². The smallest absolute Gasteiger partial charge is 0.228 e. The molecule has 1 aliphatic heterocycles. The first-order valence-corrected chi connectivity index (χ1v) is 11.2. The number of carbonyl (C=O) groups is 1. The molecular weight excluding hydrogens is 411 g/mol. The molecule has 7 nitrogen and oxygen atoms in total. The minimum absolute atomic E-state index is 0.105. The predicted molar refractivity (Wildman–Crippen MR) is 111 cm³/mol. The molecule has 1 fully saturated rings. The lowest BCUT2D eigenvalue weighted by molar-refractivity contribution is -0.120. The Bertz CT molecular complexity index is 995. The van der Waals surface area contributed by atoms with Crippen LogP contribution in [0.5, 0.6) is 11.5 Å². The van der Waals surface area contributed by atoms with Crippen molar-refractivity contribution in [2.45, 2.75) is 18.6 Å². The highest BCUT2D eigenvalue weighted by molar-refractivity contribution is 7.88. The zero-order valence-corrected chi connectivity index (χ0v) is 17.7. The molecule has 1 atom stereocenters. The van der Waals surface area contributed by atoms with Gasteiger partial charge in [-0.3, -0.25) is 4.79 Å². The number of nitrogens with one attached hydrogen (secondary N) is 1. The minimum Gasteiger partial charge on any atom is -0.497 e. The van der Waals surface area contributed by atoms with E-state index in [0.717, 1.165) is 0 Å². The number of benzene rings is 2. The molecule has 1 N–H and O–H groups in total. The van der Waals surface area contributed by atoms with Crippen LogP contribution in [0.25, 0.3) is 0 Å². The van der Waals surface area contributed by atoms with Gasteiger partial charge in [0.2, 0.25) is 15.9 Å². The van der Waals surface area contributed by atoms with Crippen molar-refractivity contribution in [2.75, 3.05) is 32.6 Å². The second-order valence-corrected chi connectivity index (χ2v) is 9.10. The van der Waals surface area contributed by atoms with E-state index in [-0.39, 0.29) is 18.2 Å². The molecule has 2 aromatic rings. The number of hydrogen-bond donors (Lipinski definition) is 1. The van der Waals surface area contributed by atoms with Crippen molar-refractivity contribution in [2.24, 2.45) is 5.92 Å². The van der Waals surface area contributed by atoms with Gasteiger partial charge in [-0.15, -0.1) is 0 Å². The van der Waals surface area contributed by atoms with Gasteiger partial charge >= 0.3 is 0 Å². The van der Waals surface area contributed by atoms with E-state index in [4.69, 9.17) is 9.47 Å². The first-order chi connectivity index (χ1) is 14.3. The molecule has 2 aromatic carbocycles. The number of ether oxygens (including phenoxy) is 2. The number of sulfonamides is 1. The van der Waals surface area contributed by atoms with Crippen LogP contribution >= 0.6 is 0 Å². The fourth-order valence-electron chi connectivity index (χ4n) is 3.43. The molecule has 1 aliphatic rings. The number of carbonyl (C=O) groups excluding carboxylic acids is 1. The average Bonchev–Trinajstić information content (AvgIpc) is 2.75. The number of hydrogen-bond acceptors (Lipinski definition) is 5. The molecule has 0 aliphatic carbocycles. The van der Waals surface area contributed by atoms with Crippen LogP contribution in [0.1, 0.15) is 18.4 Å². The average molecular weight is 437 g/mol. The molecule has 162 valence electrons. The van der Waals surface area contributed by atoms with Crippen LogP contribution in [-0.4, -0.2) is 45.9 Å². The number of halogens is 1. The van der Waals surface area contributed by atoms with Gasteiger partial charge in [0.05, 0.1) is 31.6 Å². The summed E-state index contributed by atoms with van der Waals surface area (Å²) in [7, 11) is -0.588. The minimum atomic E-state index is -3.62. The summed E-state index contributed by atoms with van der Waals surface area (Å²) in [5.74, 6) is -0.332. The van der Waals surface area contributed by atoms with Crippen molar-refractivity contribution >= 4 is 21.6 Å². The van der Waals surface area contributed by atoms with E-state index < -0.39 is 21.8 Å². The van der Waals surface area contributed by atoms with Gasteiger partial charge in [0, 0.05) is 19.2 Å². The lowest BCUT2D eigenvalue weighted by Gasteiger charge is -2.31. The third kappa shape index (κ3) is 5.28. The van der Waals surface area contributed by atoms with Crippen molar-refractivity contribution in [3.05, 3.63) is 53.8 Å². The van der Waals surface area contributed by atoms with E-state index in [9.17, 15) is 17.6 Å². The maximum absolute atomic E-state index is 13.1.